The van der Waals surface area contributed by atoms with E-state index in [1.165, 1.54) is 12.5 Å². The lowest BCUT2D eigenvalue weighted by atomic mass is 9.98. The van der Waals surface area contributed by atoms with Crippen molar-refractivity contribution in [3.8, 4) is 0 Å². The molecule has 0 aliphatic heterocycles. The number of H-pyrrole nitrogens is 1. The average Bonchev–Trinajstić information content (AvgIpc) is 3.38. The Labute approximate surface area is 220 Å². The molecule has 13 nitrogen and oxygen atoms in total. The molecule has 0 spiro atoms. The lowest BCUT2D eigenvalue weighted by Gasteiger charge is -2.26. The van der Waals surface area contributed by atoms with Crippen molar-refractivity contribution in [2.24, 2.45) is 17.4 Å². The first kappa shape index (κ1) is 30.0. The summed E-state index contributed by atoms with van der Waals surface area (Å²) in [5.41, 5.74) is 12.5. The number of primary amides is 1. The number of carbonyl (C=O) groups excluding carboxylic acids is 4. The fraction of sp³-hybridized carbons (Fsp3) is 0.440. The van der Waals surface area contributed by atoms with Gasteiger partial charge in [-0.25, -0.2) is 9.78 Å². The largest absolute Gasteiger partial charge is 0.480 e. The molecule has 0 fully saturated rings. The Balaban J connectivity index is 2.21. The summed E-state index contributed by atoms with van der Waals surface area (Å²) < 4.78 is 0. The molecule has 1 heterocycles. The minimum Gasteiger partial charge on any atom is -0.480 e. The van der Waals surface area contributed by atoms with Crippen LogP contribution in [0, 0.1) is 5.92 Å². The number of rotatable bonds is 15. The third-order valence-corrected chi connectivity index (χ3v) is 6.06. The van der Waals surface area contributed by atoms with Gasteiger partial charge in [-0.15, -0.1) is 0 Å². The maximum absolute atomic E-state index is 13.2. The van der Waals surface area contributed by atoms with Gasteiger partial charge in [0.1, 0.15) is 18.1 Å². The van der Waals surface area contributed by atoms with Crippen LogP contribution in [0.5, 0.6) is 0 Å². The Bertz CT molecular complexity index is 1090. The zero-order chi connectivity index (χ0) is 28.2. The molecule has 2 aromatic rings. The van der Waals surface area contributed by atoms with Gasteiger partial charge in [-0.05, 0) is 11.5 Å². The topological polar surface area (TPSA) is 222 Å². The summed E-state index contributed by atoms with van der Waals surface area (Å²) >= 11 is 0. The number of benzene rings is 1. The minimum atomic E-state index is -1.41. The van der Waals surface area contributed by atoms with E-state index in [4.69, 9.17) is 11.5 Å². The number of carboxylic acid groups (broad SMARTS) is 1. The van der Waals surface area contributed by atoms with Crippen molar-refractivity contribution in [3.63, 3.8) is 0 Å². The van der Waals surface area contributed by atoms with Crippen LogP contribution in [0.4, 0.5) is 0 Å². The predicted octanol–water partition coefficient (Wildman–Crippen LogP) is -1.02. The molecule has 2 rings (SSSR count). The maximum Gasteiger partial charge on any atom is 0.326 e. The van der Waals surface area contributed by atoms with Crippen molar-refractivity contribution in [2.75, 3.05) is 0 Å². The van der Waals surface area contributed by atoms with Crippen LogP contribution in [-0.2, 0) is 36.8 Å². The Morgan fingerprint density at radius 2 is 1.61 bits per heavy atom. The van der Waals surface area contributed by atoms with Crippen molar-refractivity contribution in [2.45, 2.75) is 63.7 Å². The number of nitrogens with two attached hydrogens (primary N) is 2. The molecule has 0 aliphatic carbocycles. The number of carbonyl (C=O) groups is 5. The second-order valence-corrected chi connectivity index (χ2v) is 9.08. The third kappa shape index (κ3) is 9.32. The highest BCUT2D eigenvalue weighted by molar-refractivity contribution is 5.96. The summed E-state index contributed by atoms with van der Waals surface area (Å²) in [4.78, 5) is 69.1. The molecular formula is C25H35N7O6. The summed E-state index contributed by atoms with van der Waals surface area (Å²) in [5, 5.41) is 17.0. The Hall–Kier alpha value is -4.26. The lowest BCUT2D eigenvalue weighted by Crippen LogP contribution is -2.58. The van der Waals surface area contributed by atoms with Crippen LogP contribution in [0.15, 0.2) is 42.9 Å². The Morgan fingerprint density at radius 1 is 0.974 bits per heavy atom. The first-order valence-electron chi connectivity index (χ1n) is 12.2. The van der Waals surface area contributed by atoms with E-state index in [0.717, 1.165) is 0 Å². The number of aromatic nitrogens is 2. The zero-order valence-electron chi connectivity index (χ0n) is 21.3. The molecule has 1 aromatic carbocycles. The van der Waals surface area contributed by atoms with E-state index in [1.54, 1.807) is 44.2 Å². The van der Waals surface area contributed by atoms with Gasteiger partial charge in [0, 0.05) is 24.7 Å². The quantitative estimate of drug-likeness (QED) is 0.151. The van der Waals surface area contributed by atoms with Crippen LogP contribution in [0.3, 0.4) is 0 Å². The molecule has 0 bridgehead atoms. The van der Waals surface area contributed by atoms with E-state index in [0.29, 0.717) is 17.7 Å². The third-order valence-electron chi connectivity index (χ3n) is 6.06. The second kappa shape index (κ2) is 14.5. The minimum absolute atomic E-state index is 0.0296. The molecule has 4 amide bonds. The number of hydrogen-bond acceptors (Lipinski definition) is 7. The number of nitrogens with zero attached hydrogens (tertiary/aromatic N) is 1. The molecule has 13 heteroatoms. The summed E-state index contributed by atoms with van der Waals surface area (Å²) in [6, 6.07) is 3.92. The van der Waals surface area contributed by atoms with E-state index in [9.17, 15) is 29.1 Å². The fourth-order valence-corrected chi connectivity index (χ4v) is 3.68. The molecule has 0 saturated heterocycles. The smallest absolute Gasteiger partial charge is 0.326 e. The Kier molecular flexibility index (Phi) is 11.4. The Morgan fingerprint density at radius 3 is 2.16 bits per heavy atom. The van der Waals surface area contributed by atoms with Gasteiger partial charge in [0.25, 0.3) is 0 Å². The molecule has 206 valence electrons. The van der Waals surface area contributed by atoms with Crippen LogP contribution >= 0.6 is 0 Å². The van der Waals surface area contributed by atoms with Crippen molar-refractivity contribution in [1.29, 1.82) is 0 Å². The highest BCUT2D eigenvalue weighted by Gasteiger charge is 2.32. The summed E-state index contributed by atoms with van der Waals surface area (Å²) in [7, 11) is 0. The van der Waals surface area contributed by atoms with Gasteiger partial charge in [0.2, 0.25) is 23.6 Å². The monoisotopic (exact) mass is 529 g/mol. The van der Waals surface area contributed by atoms with E-state index < -0.39 is 60.2 Å². The molecule has 5 unspecified atom stereocenters. The van der Waals surface area contributed by atoms with Crippen molar-refractivity contribution < 1.29 is 29.1 Å². The first-order chi connectivity index (χ1) is 18.0. The van der Waals surface area contributed by atoms with Gasteiger partial charge < -0.3 is 37.5 Å². The average molecular weight is 530 g/mol. The lowest BCUT2D eigenvalue weighted by molar-refractivity contribution is -0.144. The van der Waals surface area contributed by atoms with Crippen molar-refractivity contribution >= 4 is 29.6 Å². The maximum atomic E-state index is 13.2. The number of aromatic amines is 1. The van der Waals surface area contributed by atoms with Crippen LogP contribution in [0.1, 0.15) is 37.9 Å². The number of amides is 4. The number of imidazole rings is 1. The highest BCUT2D eigenvalue weighted by Crippen LogP contribution is 2.10. The van der Waals surface area contributed by atoms with Crippen LogP contribution in [-0.4, -0.2) is 68.8 Å². The van der Waals surface area contributed by atoms with Crippen LogP contribution < -0.4 is 27.4 Å². The van der Waals surface area contributed by atoms with Gasteiger partial charge in [-0.1, -0.05) is 50.6 Å². The molecular weight excluding hydrogens is 494 g/mol. The van der Waals surface area contributed by atoms with Crippen molar-refractivity contribution in [1.82, 2.24) is 25.9 Å². The van der Waals surface area contributed by atoms with Gasteiger partial charge in [-0.2, -0.15) is 0 Å². The van der Waals surface area contributed by atoms with E-state index in [-0.39, 0.29) is 18.8 Å². The van der Waals surface area contributed by atoms with E-state index in [2.05, 4.69) is 25.9 Å². The van der Waals surface area contributed by atoms with Crippen LogP contribution in [0.2, 0.25) is 0 Å². The summed E-state index contributed by atoms with van der Waals surface area (Å²) in [5.74, 6) is -4.73. The van der Waals surface area contributed by atoms with E-state index in [1.807, 2.05) is 0 Å². The van der Waals surface area contributed by atoms with Gasteiger partial charge in [-0.3, -0.25) is 19.2 Å². The zero-order valence-corrected chi connectivity index (χ0v) is 21.3. The molecule has 0 aliphatic rings. The number of aliphatic carboxylic acids is 1. The number of hydrogen-bond donors (Lipinski definition) is 7. The molecule has 5 atom stereocenters. The SMILES string of the molecule is CCC(C)C(NC(=O)C(Cc1ccccc1)NC(=O)C(CC(N)=O)NC(=O)C(N)Cc1cnc[nH]1)C(=O)O. The highest BCUT2D eigenvalue weighted by atomic mass is 16.4. The van der Waals surface area contributed by atoms with Gasteiger partial charge in [0.15, 0.2) is 0 Å². The number of nitrogens with one attached hydrogen (secondary N) is 4. The van der Waals surface area contributed by atoms with Crippen molar-refractivity contribution in [3.05, 3.63) is 54.1 Å². The molecule has 0 radical (unpaired) electrons. The molecule has 38 heavy (non-hydrogen) atoms. The van der Waals surface area contributed by atoms with Gasteiger partial charge in [0.05, 0.1) is 18.8 Å². The summed E-state index contributed by atoms with van der Waals surface area (Å²) in [6.07, 6.45) is 3.01. The molecule has 0 saturated carbocycles. The van der Waals surface area contributed by atoms with Crippen LogP contribution in [0.25, 0.3) is 0 Å². The summed E-state index contributed by atoms with van der Waals surface area (Å²) in [6.45, 7) is 3.49. The van der Waals surface area contributed by atoms with E-state index >= 15 is 0 Å². The number of carboxylic acids is 1. The normalized spacial score (nSPS) is 14.8. The second-order valence-electron chi connectivity index (χ2n) is 9.08. The fourth-order valence-electron chi connectivity index (χ4n) is 3.68. The predicted molar refractivity (Wildman–Crippen MR) is 137 cm³/mol. The first-order valence-corrected chi connectivity index (χ1v) is 12.2. The molecule has 1 aromatic heterocycles. The standard InChI is InChI=1S/C25H35N7O6/c1-3-14(2)21(25(37)38)32-24(36)18(9-15-7-5-4-6-8-15)31-23(35)19(11-20(27)33)30-22(34)17(26)10-16-12-28-13-29-16/h4-8,12-14,17-19,21H,3,9-11,26H2,1-2H3,(H2,27,33)(H,28,29)(H,30,34)(H,31,35)(H,32,36)(H,37,38). The molecule has 9 N–H and O–H groups in total. The van der Waals surface area contributed by atoms with Gasteiger partial charge >= 0.3 is 5.97 Å².